The predicted octanol–water partition coefficient (Wildman–Crippen LogP) is 5.43. The summed E-state index contributed by atoms with van der Waals surface area (Å²) in [7, 11) is 4.06. The first-order valence-electron chi connectivity index (χ1n) is 15.6. The van der Waals surface area contributed by atoms with E-state index in [4.69, 9.17) is 11.0 Å². The van der Waals surface area contributed by atoms with E-state index in [9.17, 15) is 9.59 Å². The minimum Gasteiger partial charge on any atom is -0.378 e. The van der Waals surface area contributed by atoms with Gasteiger partial charge in [0, 0.05) is 45.5 Å². The monoisotopic (exact) mass is 613 g/mol. The lowest BCUT2D eigenvalue weighted by Gasteiger charge is -2.44. The van der Waals surface area contributed by atoms with Crippen LogP contribution in [0.25, 0.3) is 0 Å². The molecule has 0 unspecified atom stereocenters. The van der Waals surface area contributed by atoms with E-state index in [1.54, 1.807) is 0 Å². The van der Waals surface area contributed by atoms with Crippen molar-refractivity contribution in [2.45, 2.75) is 37.6 Å². The molecule has 234 valence electrons. The lowest BCUT2D eigenvalue weighted by Crippen LogP contribution is -2.49. The summed E-state index contributed by atoms with van der Waals surface area (Å²) < 4.78 is 0. The number of para-hydroxylation sites is 2. The number of nitriles is 1. The highest BCUT2D eigenvalue weighted by Crippen LogP contribution is 2.42. The fraction of sp³-hybridized carbons (Fsp3) is 0.270. The Kier molecular flexibility index (Phi) is 8.64. The van der Waals surface area contributed by atoms with Gasteiger partial charge in [-0.25, -0.2) is 5.26 Å². The van der Waals surface area contributed by atoms with E-state index in [1.807, 2.05) is 74.8 Å². The molecule has 2 amide bonds. The van der Waals surface area contributed by atoms with Crippen molar-refractivity contribution in [3.05, 3.63) is 124 Å². The largest absolute Gasteiger partial charge is 0.378 e. The number of nitrogens with zero attached hydrogens (tertiary/aromatic N) is 4. The summed E-state index contributed by atoms with van der Waals surface area (Å²) in [6.45, 7) is 5.33. The highest BCUT2D eigenvalue weighted by atomic mass is 16.2. The topological polar surface area (TPSA) is 118 Å². The van der Waals surface area contributed by atoms with Gasteiger partial charge in [-0.1, -0.05) is 66.7 Å². The Morgan fingerprint density at radius 1 is 0.739 bits per heavy atom. The molecule has 4 aromatic carbocycles. The zero-order valence-corrected chi connectivity index (χ0v) is 26.2. The summed E-state index contributed by atoms with van der Waals surface area (Å²) in [6, 6.07) is 30.4. The summed E-state index contributed by atoms with van der Waals surface area (Å²) in [6.07, 6.45) is 2.89. The Hall–Kier alpha value is -5.33. The number of nitrogens with one attached hydrogen (secondary N) is 2. The SMILES string of the molecule is C#N.CN(C)c1ccc([C@H]2NC(=O)c3cccc4c3N2CCC4)cc1.N[C@H]1CCN2c3c(cccc31)C(=O)N[C@H]2c1ccccc1. The molecular weight excluding hydrogens is 574 g/mol. The van der Waals surface area contributed by atoms with E-state index >= 15 is 0 Å². The highest BCUT2D eigenvalue weighted by molar-refractivity contribution is 6.04. The molecule has 4 aromatic rings. The fourth-order valence-electron chi connectivity index (χ4n) is 6.97. The molecule has 0 spiro atoms. The van der Waals surface area contributed by atoms with Crippen molar-refractivity contribution >= 4 is 28.9 Å². The first-order chi connectivity index (χ1) is 22.4. The van der Waals surface area contributed by atoms with E-state index in [1.165, 1.54) is 5.56 Å². The van der Waals surface area contributed by atoms with E-state index in [0.29, 0.717) is 0 Å². The van der Waals surface area contributed by atoms with Gasteiger partial charge in [0.1, 0.15) is 12.3 Å². The van der Waals surface area contributed by atoms with Gasteiger partial charge in [-0.05, 0) is 65.8 Å². The lowest BCUT2D eigenvalue weighted by atomic mass is 9.90. The number of hydrogen-bond acceptors (Lipinski definition) is 7. The first kappa shape index (κ1) is 30.7. The average Bonchev–Trinajstić information content (AvgIpc) is 3.10. The van der Waals surface area contributed by atoms with Gasteiger partial charge in [-0.15, -0.1) is 0 Å². The van der Waals surface area contributed by atoms with Crippen LogP contribution >= 0.6 is 0 Å². The number of aryl methyl sites for hydroxylation is 1. The number of amides is 2. The standard InChI is InChI=1S/C19H21N3O.C17H17N3O.CHN/c1-21(2)15-10-8-14(9-11-15)18-20-19(23)16-7-3-5-13-6-4-12-22(18)17(13)16;18-14-9-10-20-15-12(14)7-4-8-13(15)17(21)19-16(20)11-5-2-1-3-6-11;1-2/h3,5,7-11,18H,4,6,12H2,1-2H3,(H,20,23);1-8,14,16H,9-10,18H2,(H,19,21);1H/t18-;14-,16+;/m00./s1. The third kappa shape index (κ3) is 5.52. The zero-order chi connectivity index (χ0) is 32.4. The van der Waals surface area contributed by atoms with Crippen LogP contribution in [0.2, 0.25) is 0 Å². The van der Waals surface area contributed by atoms with Crippen LogP contribution in [0.5, 0.6) is 0 Å². The van der Waals surface area contributed by atoms with Gasteiger partial charge in [0.25, 0.3) is 11.8 Å². The van der Waals surface area contributed by atoms with Gasteiger partial charge in [-0.2, -0.15) is 0 Å². The molecule has 3 atom stereocenters. The summed E-state index contributed by atoms with van der Waals surface area (Å²) in [4.78, 5) is 31.7. The molecule has 9 heteroatoms. The minimum absolute atomic E-state index is 0.0125. The van der Waals surface area contributed by atoms with Crippen molar-refractivity contribution in [1.82, 2.24) is 10.6 Å². The van der Waals surface area contributed by atoms with Crippen LogP contribution in [-0.4, -0.2) is 39.0 Å². The van der Waals surface area contributed by atoms with Crippen LogP contribution in [0, 0.1) is 11.8 Å². The number of anilines is 3. The molecule has 4 heterocycles. The number of rotatable bonds is 3. The van der Waals surface area contributed by atoms with Gasteiger partial charge in [0.15, 0.2) is 0 Å². The fourth-order valence-corrected chi connectivity index (χ4v) is 6.97. The maximum atomic E-state index is 12.5. The lowest BCUT2D eigenvalue weighted by molar-refractivity contribution is 0.0917. The number of carbonyl (C=O) groups is 2. The molecule has 4 aliphatic heterocycles. The van der Waals surface area contributed by atoms with Crippen LogP contribution in [0.4, 0.5) is 17.1 Å². The van der Waals surface area contributed by atoms with Crippen LogP contribution in [0.15, 0.2) is 91.0 Å². The van der Waals surface area contributed by atoms with E-state index in [-0.39, 0.29) is 30.2 Å². The van der Waals surface area contributed by atoms with Crippen molar-refractivity contribution < 1.29 is 9.59 Å². The van der Waals surface area contributed by atoms with Crippen LogP contribution in [-0.2, 0) is 6.42 Å². The Morgan fingerprint density at radius 3 is 1.98 bits per heavy atom. The summed E-state index contributed by atoms with van der Waals surface area (Å²) in [5.41, 5.74) is 15.7. The molecule has 0 saturated carbocycles. The van der Waals surface area contributed by atoms with Crippen LogP contribution in [0.3, 0.4) is 0 Å². The quantitative estimate of drug-likeness (QED) is 0.282. The smallest absolute Gasteiger partial charge is 0.255 e. The molecule has 4 N–H and O–H groups in total. The van der Waals surface area contributed by atoms with Crippen molar-refractivity contribution in [2.24, 2.45) is 5.73 Å². The molecule has 46 heavy (non-hydrogen) atoms. The zero-order valence-electron chi connectivity index (χ0n) is 26.2. The molecule has 0 aliphatic carbocycles. The first-order valence-corrected chi connectivity index (χ1v) is 15.6. The van der Waals surface area contributed by atoms with E-state index in [0.717, 1.165) is 77.2 Å². The van der Waals surface area contributed by atoms with Gasteiger partial charge in [0.05, 0.1) is 22.5 Å². The Bertz CT molecular complexity index is 1750. The second kappa shape index (κ2) is 13.0. The minimum atomic E-state index is -0.111. The van der Waals surface area contributed by atoms with Gasteiger partial charge in [0.2, 0.25) is 0 Å². The highest BCUT2D eigenvalue weighted by Gasteiger charge is 2.37. The second-order valence-electron chi connectivity index (χ2n) is 12.1. The summed E-state index contributed by atoms with van der Waals surface area (Å²) in [5, 5.41) is 12.8. The predicted molar refractivity (Wildman–Crippen MR) is 182 cm³/mol. The third-order valence-corrected chi connectivity index (χ3v) is 9.18. The molecule has 0 saturated heterocycles. The molecule has 4 aliphatic rings. The normalized spacial score (nSPS) is 20.3. The molecule has 0 radical (unpaired) electrons. The molecule has 8 rings (SSSR count). The Balaban J connectivity index is 0.000000154. The van der Waals surface area contributed by atoms with Crippen molar-refractivity contribution in [2.75, 3.05) is 41.9 Å². The number of nitrogens with two attached hydrogens (primary N) is 1. The molecule has 0 bridgehead atoms. The second-order valence-corrected chi connectivity index (χ2v) is 12.1. The summed E-state index contributed by atoms with van der Waals surface area (Å²) in [5.74, 6) is 0.00717. The Morgan fingerprint density at radius 2 is 1.33 bits per heavy atom. The van der Waals surface area contributed by atoms with Crippen LogP contribution in [0.1, 0.15) is 74.2 Å². The maximum Gasteiger partial charge on any atom is 0.255 e. The van der Waals surface area contributed by atoms with Crippen LogP contribution < -0.4 is 31.1 Å². The molecule has 0 aromatic heterocycles. The number of hydrogen-bond donors (Lipinski definition) is 3. The number of carbonyl (C=O) groups excluding carboxylic acids is 2. The molecule has 0 fully saturated rings. The van der Waals surface area contributed by atoms with Crippen molar-refractivity contribution in [3.8, 4) is 6.57 Å². The van der Waals surface area contributed by atoms with Crippen molar-refractivity contribution in [3.63, 3.8) is 0 Å². The molecule has 9 nitrogen and oxygen atoms in total. The van der Waals surface area contributed by atoms with E-state index < -0.39 is 0 Å². The van der Waals surface area contributed by atoms with Gasteiger partial charge in [-0.3, -0.25) is 9.59 Å². The Labute approximate surface area is 270 Å². The average molecular weight is 614 g/mol. The van der Waals surface area contributed by atoms with Gasteiger partial charge < -0.3 is 31.1 Å². The van der Waals surface area contributed by atoms with Gasteiger partial charge >= 0.3 is 0 Å². The maximum absolute atomic E-state index is 12.5. The third-order valence-electron chi connectivity index (χ3n) is 9.18. The number of benzene rings is 4. The van der Waals surface area contributed by atoms with E-state index in [2.05, 4.69) is 62.2 Å². The summed E-state index contributed by atoms with van der Waals surface area (Å²) >= 11 is 0. The molecular formula is C37H39N7O2. The van der Waals surface area contributed by atoms with Crippen molar-refractivity contribution in [1.29, 1.82) is 5.26 Å².